The lowest BCUT2D eigenvalue weighted by Crippen LogP contribution is -2.12. The van der Waals surface area contributed by atoms with Gasteiger partial charge in [0.25, 0.3) is 5.91 Å². The lowest BCUT2D eigenvalue weighted by Gasteiger charge is -2.05. The number of aromatic nitrogens is 4. The van der Waals surface area contributed by atoms with Crippen LogP contribution < -0.4 is 10.1 Å². The lowest BCUT2D eigenvalue weighted by atomic mass is 10.2. The van der Waals surface area contributed by atoms with Crippen LogP contribution in [0.1, 0.15) is 16.4 Å². The molecule has 0 saturated heterocycles. The summed E-state index contributed by atoms with van der Waals surface area (Å²) in [5, 5.41) is 3.51. The van der Waals surface area contributed by atoms with Crippen LogP contribution in [0, 0.1) is 6.92 Å². The average molecular weight is 349 g/mol. The topological polar surface area (TPSA) is 95.1 Å². The van der Waals surface area contributed by atoms with E-state index in [9.17, 15) is 4.79 Å². The Labute approximate surface area is 148 Å². The van der Waals surface area contributed by atoms with Crippen LogP contribution >= 0.6 is 0 Å². The highest BCUT2D eigenvalue weighted by molar-refractivity contribution is 6.04. The van der Waals surface area contributed by atoms with Crippen LogP contribution in [0.25, 0.3) is 16.9 Å². The van der Waals surface area contributed by atoms with Crippen molar-refractivity contribution in [3.8, 4) is 11.7 Å². The first-order valence-electron chi connectivity index (χ1n) is 7.86. The molecular formula is C18H15N5O3. The Hall–Kier alpha value is -3.68. The van der Waals surface area contributed by atoms with Gasteiger partial charge in [-0.2, -0.15) is 0 Å². The summed E-state index contributed by atoms with van der Waals surface area (Å²) in [6.45, 7) is 1.86. The quantitative estimate of drug-likeness (QED) is 0.608. The van der Waals surface area contributed by atoms with Gasteiger partial charge in [-0.3, -0.25) is 9.36 Å². The minimum absolute atomic E-state index is 0.180. The number of aryl methyl sites for hydroxylation is 1. The van der Waals surface area contributed by atoms with Crippen molar-refractivity contribution in [3.05, 3.63) is 60.6 Å². The number of benzene rings is 1. The molecule has 1 amide bonds. The number of para-hydroxylation sites is 1. The fourth-order valence-corrected chi connectivity index (χ4v) is 2.60. The predicted octanol–water partition coefficient (Wildman–Crippen LogP) is 2.98. The van der Waals surface area contributed by atoms with Gasteiger partial charge in [-0.15, -0.1) is 0 Å². The van der Waals surface area contributed by atoms with E-state index in [1.54, 1.807) is 36.2 Å². The molecule has 130 valence electrons. The second-order valence-electron chi connectivity index (χ2n) is 5.56. The van der Waals surface area contributed by atoms with Crippen LogP contribution in [-0.2, 0) is 0 Å². The highest BCUT2D eigenvalue weighted by atomic mass is 16.5. The Morgan fingerprint density at radius 3 is 2.73 bits per heavy atom. The number of carbonyl (C=O) groups excluding carboxylic acids is 1. The SMILES string of the molecule is COc1cccc2cc(C(=O)Nc3cnc(-n4ccnc4C)nc3)oc12. The maximum absolute atomic E-state index is 12.4. The number of rotatable bonds is 4. The molecule has 1 aromatic carbocycles. The highest BCUT2D eigenvalue weighted by Gasteiger charge is 2.15. The zero-order valence-electron chi connectivity index (χ0n) is 14.1. The summed E-state index contributed by atoms with van der Waals surface area (Å²) in [6.07, 6.45) is 6.50. The van der Waals surface area contributed by atoms with Crippen molar-refractivity contribution in [1.29, 1.82) is 0 Å². The molecule has 0 radical (unpaired) electrons. The van der Waals surface area contributed by atoms with Crippen LogP contribution in [0.3, 0.4) is 0 Å². The summed E-state index contributed by atoms with van der Waals surface area (Å²) in [5.74, 6) is 1.62. The van der Waals surface area contributed by atoms with E-state index in [0.29, 0.717) is 23.0 Å². The van der Waals surface area contributed by atoms with Gasteiger partial charge >= 0.3 is 0 Å². The number of hydrogen-bond acceptors (Lipinski definition) is 6. The van der Waals surface area contributed by atoms with Crippen molar-refractivity contribution in [2.75, 3.05) is 12.4 Å². The fourth-order valence-electron chi connectivity index (χ4n) is 2.60. The maximum Gasteiger partial charge on any atom is 0.291 e. The highest BCUT2D eigenvalue weighted by Crippen LogP contribution is 2.28. The molecule has 0 aliphatic rings. The van der Waals surface area contributed by atoms with Crippen LogP contribution in [0.5, 0.6) is 5.75 Å². The number of furan rings is 1. The van der Waals surface area contributed by atoms with Gasteiger partial charge in [0.1, 0.15) is 5.82 Å². The van der Waals surface area contributed by atoms with E-state index >= 15 is 0 Å². The van der Waals surface area contributed by atoms with Gasteiger partial charge in [-0.25, -0.2) is 15.0 Å². The molecule has 0 spiro atoms. The molecule has 4 aromatic rings. The zero-order valence-corrected chi connectivity index (χ0v) is 14.1. The second kappa shape index (κ2) is 6.32. The van der Waals surface area contributed by atoms with E-state index in [1.807, 2.05) is 19.1 Å². The second-order valence-corrected chi connectivity index (χ2v) is 5.56. The Morgan fingerprint density at radius 1 is 1.23 bits per heavy atom. The van der Waals surface area contributed by atoms with Gasteiger partial charge in [0, 0.05) is 17.8 Å². The van der Waals surface area contributed by atoms with Gasteiger partial charge in [-0.05, 0) is 19.1 Å². The summed E-state index contributed by atoms with van der Waals surface area (Å²) < 4.78 is 12.6. The third-order valence-electron chi connectivity index (χ3n) is 3.89. The molecule has 0 aliphatic heterocycles. The minimum Gasteiger partial charge on any atom is -0.493 e. The van der Waals surface area contributed by atoms with Crippen molar-refractivity contribution in [2.24, 2.45) is 0 Å². The maximum atomic E-state index is 12.4. The molecule has 3 aromatic heterocycles. The van der Waals surface area contributed by atoms with Gasteiger partial charge < -0.3 is 14.5 Å². The number of ether oxygens (including phenoxy) is 1. The number of methoxy groups -OCH3 is 1. The van der Waals surface area contributed by atoms with Crippen molar-refractivity contribution in [3.63, 3.8) is 0 Å². The Bertz CT molecular complexity index is 1080. The van der Waals surface area contributed by atoms with E-state index in [0.717, 1.165) is 11.2 Å². The standard InChI is InChI=1S/C18H15N5O3/c1-11-19-6-7-23(11)18-20-9-13(10-21-18)22-17(24)15-8-12-4-3-5-14(25-2)16(12)26-15/h3-10H,1-2H3,(H,22,24). The number of carbonyl (C=O) groups is 1. The van der Waals surface area contributed by atoms with E-state index in [2.05, 4.69) is 20.3 Å². The number of nitrogens with one attached hydrogen (secondary N) is 1. The zero-order chi connectivity index (χ0) is 18.1. The molecule has 3 heterocycles. The Morgan fingerprint density at radius 2 is 2.04 bits per heavy atom. The molecule has 0 atom stereocenters. The molecule has 26 heavy (non-hydrogen) atoms. The van der Waals surface area contributed by atoms with Gasteiger partial charge in [0.2, 0.25) is 5.95 Å². The lowest BCUT2D eigenvalue weighted by molar-refractivity contribution is 0.0998. The van der Waals surface area contributed by atoms with E-state index in [1.165, 1.54) is 12.4 Å². The van der Waals surface area contributed by atoms with Crippen molar-refractivity contribution in [1.82, 2.24) is 19.5 Å². The summed E-state index contributed by atoms with van der Waals surface area (Å²) >= 11 is 0. The normalized spacial score (nSPS) is 10.8. The Balaban J connectivity index is 1.56. The molecule has 8 nitrogen and oxygen atoms in total. The average Bonchev–Trinajstić information content (AvgIpc) is 3.28. The number of hydrogen-bond donors (Lipinski definition) is 1. The molecule has 0 aliphatic carbocycles. The molecule has 8 heteroatoms. The third kappa shape index (κ3) is 2.77. The van der Waals surface area contributed by atoms with Crippen LogP contribution in [-0.4, -0.2) is 32.5 Å². The van der Waals surface area contributed by atoms with Gasteiger partial charge in [-0.1, -0.05) is 12.1 Å². The summed E-state index contributed by atoms with van der Waals surface area (Å²) in [4.78, 5) is 25.1. The molecule has 0 saturated carbocycles. The van der Waals surface area contributed by atoms with Crippen molar-refractivity contribution >= 4 is 22.6 Å². The Kier molecular flexibility index (Phi) is 3.85. The van der Waals surface area contributed by atoms with Crippen LogP contribution in [0.2, 0.25) is 0 Å². The third-order valence-corrected chi connectivity index (χ3v) is 3.89. The van der Waals surface area contributed by atoms with Crippen LogP contribution in [0.4, 0.5) is 5.69 Å². The van der Waals surface area contributed by atoms with E-state index < -0.39 is 5.91 Å². The van der Waals surface area contributed by atoms with E-state index in [-0.39, 0.29) is 5.76 Å². The molecule has 0 bridgehead atoms. The number of imidazole rings is 1. The molecular weight excluding hydrogens is 334 g/mol. The molecule has 4 rings (SSSR count). The van der Waals surface area contributed by atoms with Crippen molar-refractivity contribution < 1.29 is 13.9 Å². The van der Waals surface area contributed by atoms with Crippen molar-refractivity contribution in [2.45, 2.75) is 6.92 Å². The summed E-state index contributed by atoms with van der Waals surface area (Å²) in [5.41, 5.74) is 0.992. The first-order chi connectivity index (χ1) is 12.7. The molecule has 0 fully saturated rings. The number of fused-ring (bicyclic) bond motifs is 1. The number of nitrogens with zero attached hydrogens (tertiary/aromatic N) is 4. The van der Waals surface area contributed by atoms with E-state index in [4.69, 9.17) is 9.15 Å². The number of amides is 1. The monoisotopic (exact) mass is 349 g/mol. The van der Waals surface area contributed by atoms with Gasteiger partial charge in [0.05, 0.1) is 25.2 Å². The first-order valence-corrected chi connectivity index (χ1v) is 7.86. The minimum atomic E-state index is -0.390. The largest absolute Gasteiger partial charge is 0.493 e. The number of anilines is 1. The summed E-state index contributed by atoms with van der Waals surface area (Å²) in [6, 6.07) is 7.13. The van der Waals surface area contributed by atoms with Crippen LogP contribution in [0.15, 0.2) is 53.5 Å². The predicted molar refractivity (Wildman–Crippen MR) is 94.6 cm³/mol. The molecule has 1 N–H and O–H groups in total. The first kappa shape index (κ1) is 15.8. The van der Waals surface area contributed by atoms with Gasteiger partial charge in [0.15, 0.2) is 17.1 Å². The fraction of sp³-hybridized carbons (Fsp3) is 0.111. The smallest absolute Gasteiger partial charge is 0.291 e. The molecule has 0 unspecified atom stereocenters. The summed E-state index contributed by atoms with van der Waals surface area (Å²) in [7, 11) is 1.55.